The Labute approximate surface area is 76.3 Å². The summed E-state index contributed by atoms with van der Waals surface area (Å²) < 4.78 is 1.77. The third-order valence-electron chi connectivity index (χ3n) is 1.88. The van der Waals surface area contributed by atoms with Crippen LogP contribution in [0.25, 0.3) is 0 Å². The average Bonchev–Trinajstić information content (AvgIpc) is 2.61. The second-order valence-electron chi connectivity index (χ2n) is 2.83. The number of hydrogen-bond donors (Lipinski definition) is 1. The van der Waals surface area contributed by atoms with Gasteiger partial charge in [0.25, 0.3) is 0 Å². The Bertz CT molecular complexity index is 382. The van der Waals surface area contributed by atoms with E-state index in [1.807, 2.05) is 30.5 Å². The summed E-state index contributed by atoms with van der Waals surface area (Å²) in [5.74, 6) is 0.318. The molecule has 1 aromatic carbocycles. The van der Waals surface area contributed by atoms with E-state index in [1.165, 1.54) is 0 Å². The summed E-state index contributed by atoms with van der Waals surface area (Å²) in [6.07, 6.45) is 3.59. The maximum atomic E-state index is 9.47. The summed E-state index contributed by atoms with van der Waals surface area (Å²) in [4.78, 5) is 0. The van der Waals surface area contributed by atoms with Crippen LogP contribution in [0, 0.1) is 0 Å². The van der Waals surface area contributed by atoms with Crippen LogP contribution in [-0.2, 0) is 6.54 Å². The van der Waals surface area contributed by atoms with Gasteiger partial charge in [-0.25, -0.2) is 0 Å². The molecule has 1 N–H and O–H groups in total. The van der Waals surface area contributed by atoms with Gasteiger partial charge in [-0.05, 0) is 12.1 Å². The van der Waals surface area contributed by atoms with Crippen molar-refractivity contribution in [3.63, 3.8) is 0 Å². The Morgan fingerprint density at radius 3 is 2.77 bits per heavy atom. The summed E-state index contributed by atoms with van der Waals surface area (Å²) in [6, 6.07) is 9.14. The van der Waals surface area contributed by atoms with E-state index < -0.39 is 0 Å². The number of phenols is 1. The lowest BCUT2D eigenvalue weighted by atomic mass is 10.2. The van der Waals surface area contributed by atoms with E-state index in [9.17, 15) is 5.11 Å². The summed E-state index contributed by atoms with van der Waals surface area (Å²) in [7, 11) is 0. The Kier molecular flexibility index (Phi) is 2.00. The molecule has 2 aromatic rings. The van der Waals surface area contributed by atoms with Crippen LogP contribution in [-0.4, -0.2) is 14.9 Å². The molecule has 0 aliphatic heterocycles. The predicted molar refractivity (Wildman–Crippen MR) is 49.4 cm³/mol. The van der Waals surface area contributed by atoms with Crippen LogP contribution in [0.5, 0.6) is 5.75 Å². The summed E-state index contributed by atoms with van der Waals surface area (Å²) in [6.45, 7) is 0.611. The van der Waals surface area contributed by atoms with Gasteiger partial charge in [-0.2, -0.15) is 5.10 Å². The third kappa shape index (κ3) is 1.69. The Morgan fingerprint density at radius 2 is 2.08 bits per heavy atom. The molecule has 0 saturated heterocycles. The van der Waals surface area contributed by atoms with Crippen molar-refractivity contribution < 1.29 is 5.11 Å². The number of aromatic nitrogens is 2. The average molecular weight is 174 g/mol. The highest BCUT2D eigenvalue weighted by Gasteiger charge is 1.99. The van der Waals surface area contributed by atoms with Gasteiger partial charge >= 0.3 is 0 Å². The zero-order valence-corrected chi connectivity index (χ0v) is 7.09. The first kappa shape index (κ1) is 7.86. The number of rotatable bonds is 2. The topological polar surface area (TPSA) is 38.0 Å². The maximum Gasteiger partial charge on any atom is 0.120 e. The smallest absolute Gasteiger partial charge is 0.120 e. The van der Waals surface area contributed by atoms with Crippen molar-refractivity contribution in [2.75, 3.05) is 0 Å². The number of hydrogen-bond acceptors (Lipinski definition) is 2. The Morgan fingerprint density at radius 1 is 1.23 bits per heavy atom. The normalized spacial score (nSPS) is 10.2. The first-order chi connectivity index (χ1) is 6.36. The molecule has 0 aliphatic carbocycles. The van der Waals surface area contributed by atoms with Gasteiger partial charge in [0.15, 0.2) is 0 Å². The van der Waals surface area contributed by atoms with Crippen molar-refractivity contribution in [2.24, 2.45) is 0 Å². The molecule has 1 heterocycles. The van der Waals surface area contributed by atoms with Gasteiger partial charge in [-0.1, -0.05) is 18.2 Å². The van der Waals surface area contributed by atoms with E-state index >= 15 is 0 Å². The van der Waals surface area contributed by atoms with Crippen LogP contribution in [0.15, 0.2) is 42.7 Å². The monoisotopic (exact) mass is 174 g/mol. The minimum absolute atomic E-state index is 0.318. The molecule has 0 bridgehead atoms. The number of phenolic OH excluding ortho intramolecular Hbond substituents is 1. The largest absolute Gasteiger partial charge is 0.508 e. The van der Waals surface area contributed by atoms with Crippen LogP contribution < -0.4 is 0 Å². The molecule has 0 fully saturated rings. The second-order valence-corrected chi connectivity index (χ2v) is 2.83. The lowest BCUT2D eigenvalue weighted by molar-refractivity contribution is 0.464. The van der Waals surface area contributed by atoms with Crippen LogP contribution >= 0.6 is 0 Å². The summed E-state index contributed by atoms with van der Waals surface area (Å²) in [5, 5.41) is 13.5. The molecule has 13 heavy (non-hydrogen) atoms. The van der Waals surface area contributed by atoms with Gasteiger partial charge in [-0.15, -0.1) is 0 Å². The molecular weight excluding hydrogens is 164 g/mol. The number of nitrogens with zero attached hydrogens (tertiary/aromatic N) is 2. The molecule has 0 saturated carbocycles. The quantitative estimate of drug-likeness (QED) is 0.751. The summed E-state index contributed by atoms with van der Waals surface area (Å²) >= 11 is 0. The zero-order chi connectivity index (χ0) is 9.10. The number of aromatic hydroxyl groups is 1. The number of para-hydroxylation sites is 1. The molecule has 3 heteroatoms. The molecule has 0 spiro atoms. The lowest BCUT2D eigenvalue weighted by Gasteiger charge is -2.03. The molecule has 66 valence electrons. The lowest BCUT2D eigenvalue weighted by Crippen LogP contribution is -1.99. The highest BCUT2D eigenvalue weighted by molar-refractivity contribution is 5.31. The van der Waals surface area contributed by atoms with E-state index in [1.54, 1.807) is 16.9 Å². The molecule has 1 aromatic heterocycles. The maximum absolute atomic E-state index is 9.47. The fraction of sp³-hybridized carbons (Fsp3) is 0.100. The molecule has 0 amide bonds. The van der Waals surface area contributed by atoms with Crippen molar-refractivity contribution in [1.82, 2.24) is 9.78 Å². The highest BCUT2D eigenvalue weighted by Crippen LogP contribution is 2.15. The third-order valence-corrected chi connectivity index (χ3v) is 1.88. The van der Waals surface area contributed by atoms with Crippen LogP contribution in [0.3, 0.4) is 0 Å². The first-order valence-electron chi connectivity index (χ1n) is 4.10. The van der Waals surface area contributed by atoms with Gasteiger partial charge in [0.2, 0.25) is 0 Å². The van der Waals surface area contributed by atoms with Crippen molar-refractivity contribution >= 4 is 0 Å². The van der Waals surface area contributed by atoms with Gasteiger partial charge in [0.05, 0.1) is 6.54 Å². The van der Waals surface area contributed by atoms with E-state index in [2.05, 4.69) is 5.10 Å². The Balaban J connectivity index is 2.24. The van der Waals surface area contributed by atoms with Crippen molar-refractivity contribution in [3.8, 4) is 5.75 Å². The van der Waals surface area contributed by atoms with Crippen molar-refractivity contribution in [1.29, 1.82) is 0 Å². The molecule has 0 radical (unpaired) electrons. The molecule has 3 nitrogen and oxygen atoms in total. The van der Waals surface area contributed by atoms with Gasteiger partial charge in [0.1, 0.15) is 5.75 Å². The standard InChI is InChI=1S/C10H10N2O/c13-10-5-2-1-4-9(10)8-12-7-3-6-11-12/h1-7,13H,8H2. The molecular formula is C10H10N2O. The van der Waals surface area contributed by atoms with Crippen LogP contribution in [0.1, 0.15) is 5.56 Å². The summed E-state index contributed by atoms with van der Waals surface area (Å²) in [5.41, 5.74) is 0.881. The van der Waals surface area contributed by atoms with E-state index in [4.69, 9.17) is 0 Å². The van der Waals surface area contributed by atoms with E-state index in [0.29, 0.717) is 12.3 Å². The van der Waals surface area contributed by atoms with E-state index in [0.717, 1.165) is 5.56 Å². The van der Waals surface area contributed by atoms with Crippen molar-refractivity contribution in [3.05, 3.63) is 48.3 Å². The van der Waals surface area contributed by atoms with Gasteiger partial charge in [0, 0.05) is 18.0 Å². The van der Waals surface area contributed by atoms with Gasteiger partial charge in [-0.3, -0.25) is 4.68 Å². The zero-order valence-electron chi connectivity index (χ0n) is 7.09. The van der Waals surface area contributed by atoms with Crippen LogP contribution in [0.2, 0.25) is 0 Å². The minimum Gasteiger partial charge on any atom is -0.508 e. The van der Waals surface area contributed by atoms with E-state index in [-0.39, 0.29) is 0 Å². The predicted octanol–water partition coefficient (Wildman–Crippen LogP) is 1.64. The number of benzene rings is 1. The highest BCUT2D eigenvalue weighted by atomic mass is 16.3. The van der Waals surface area contributed by atoms with Gasteiger partial charge < -0.3 is 5.11 Å². The molecule has 0 aliphatic rings. The fourth-order valence-corrected chi connectivity index (χ4v) is 1.21. The first-order valence-corrected chi connectivity index (χ1v) is 4.10. The SMILES string of the molecule is Oc1ccccc1Cn1cccn1. The Hall–Kier alpha value is -1.77. The molecule has 0 atom stereocenters. The van der Waals surface area contributed by atoms with Crippen molar-refractivity contribution in [2.45, 2.75) is 6.54 Å². The fourth-order valence-electron chi connectivity index (χ4n) is 1.21. The minimum atomic E-state index is 0.318. The molecule has 2 rings (SSSR count). The van der Waals surface area contributed by atoms with Crippen LogP contribution in [0.4, 0.5) is 0 Å². The molecule has 0 unspecified atom stereocenters. The second kappa shape index (κ2) is 3.31.